The molecule has 0 aliphatic heterocycles. The van der Waals surface area contributed by atoms with Crippen molar-refractivity contribution in [2.75, 3.05) is 6.54 Å². The lowest BCUT2D eigenvalue weighted by Gasteiger charge is -2.13. The van der Waals surface area contributed by atoms with Crippen LogP contribution in [-0.2, 0) is 0 Å². The fraction of sp³-hybridized carbons (Fsp3) is 0.389. The number of hydrogen-bond donors (Lipinski definition) is 1. The Kier molecular flexibility index (Phi) is 5.83. The summed E-state index contributed by atoms with van der Waals surface area (Å²) < 4.78 is 0. The lowest BCUT2D eigenvalue weighted by Crippen LogP contribution is -2.19. The summed E-state index contributed by atoms with van der Waals surface area (Å²) in [5.41, 5.74) is 3.90. The second kappa shape index (κ2) is 7.62. The van der Waals surface area contributed by atoms with Crippen LogP contribution in [0.2, 0.25) is 0 Å². The number of hydrogen-bond acceptors (Lipinski definition) is 3. The summed E-state index contributed by atoms with van der Waals surface area (Å²) >= 11 is 1.72. The fourth-order valence-corrected chi connectivity index (χ4v) is 2.94. The maximum absolute atomic E-state index is 4.58. The molecule has 0 saturated carbocycles. The Balaban J connectivity index is 2.03. The van der Waals surface area contributed by atoms with Gasteiger partial charge in [0.25, 0.3) is 0 Å². The SMILES string of the molecule is CCCNC(C)c1ccc(Sc2ccc(C)c(C)c2)nc1. The number of rotatable bonds is 6. The van der Waals surface area contributed by atoms with Crippen molar-refractivity contribution in [2.24, 2.45) is 0 Å². The van der Waals surface area contributed by atoms with E-state index >= 15 is 0 Å². The van der Waals surface area contributed by atoms with Gasteiger partial charge in [-0.2, -0.15) is 0 Å². The van der Waals surface area contributed by atoms with E-state index in [4.69, 9.17) is 0 Å². The molecule has 2 rings (SSSR count). The molecule has 0 radical (unpaired) electrons. The molecule has 1 aromatic carbocycles. The summed E-state index contributed by atoms with van der Waals surface area (Å²) in [6.45, 7) is 9.70. The van der Waals surface area contributed by atoms with Gasteiger partial charge in [-0.25, -0.2) is 4.98 Å². The monoisotopic (exact) mass is 300 g/mol. The highest BCUT2D eigenvalue weighted by Crippen LogP contribution is 2.28. The predicted molar refractivity (Wildman–Crippen MR) is 91.0 cm³/mol. The highest BCUT2D eigenvalue weighted by atomic mass is 32.2. The Morgan fingerprint density at radius 1 is 1.14 bits per heavy atom. The van der Waals surface area contributed by atoms with E-state index in [1.165, 1.54) is 21.6 Å². The van der Waals surface area contributed by atoms with Crippen LogP contribution in [0.1, 0.15) is 43.0 Å². The minimum Gasteiger partial charge on any atom is -0.310 e. The van der Waals surface area contributed by atoms with Crippen molar-refractivity contribution >= 4 is 11.8 Å². The average Bonchev–Trinajstić information content (AvgIpc) is 2.49. The number of pyridine rings is 1. The topological polar surface area (TPSA) is 24.9 Å². The molecule has 0 amide bonds. The normalized spacial score (nSPS) is 12.4. The summed E-state index contributed by atoms with van der Waals surface area (Å²) in [7, 11) is 0. The molecular formula is C18H24N2S. The van der Waals surface area contributed by atoms with Crippen LogP contribution >= 0.6 is 11.8 Å². The lowest BCUT2D eigenvalue weighted by atomic mass is 10.1. The van der Waals surface area contributed by atoms with E-state index in [2.05, 4.69) is 68.3 Å². The third-order valence-electron chi connectivity index (χ3n) is 3.66. The second-order valence-corrected chi connectivity index (χ2v) is 6.55. The Hall–Kier alpha value is -1.32. The van der Waals surface area contributed by atoms with E-state index in [-0.39, 0.29) is 0 Å². The lowest BCUT2D eigenvalue weighted by molar-refractivity contribution is 0.568. The van der Waals surface area contributed by atoms with E-state index in [0.717, 1.165) is 18.0 Å². The van der Waals surface area contributed by atoms with Crippen molar-refractivity contribution in [1.29, 1.82) is 0 Å². The number of nitrogens with zero attached hydrogens (tertiary/aromatic N) is 1. The fourth-order valence-electron chi connectivity index (χ4n) is 2.09. The molecule has 1 atom stereocenters. The average molecular weight is 300 g/mol. The summed E-state index contributed by atoms with van der Waals surface area (Å²) in [6.07, 6.45) is 3.13. The maximum Gasteiger partial charge on any atom is 0.101 e. The van der Waals surface area contributed by atoms with Gasteiger partial charge in [0.05, 0.1) is 0 Å². The van der Waals surface area contributed by atoms with Crippen molar-refractivity contribution in [3.05, 3.63) is 53.2 Å². The quantitative estimate of drug-likeness (QED) is 0.820. The van der Waals surface area contributed by atoms with Crippen molar-refractivity contribution < 1.29 is 0 Å². The Morgan fingerprint density at radius 2 is 1.95 bits per heavy atom. The van der Waals surface area contributed by atoms with Crippen molar-refractivity contribution in [2.45, 2.75) is 50.1 Å². The van der Waals surface area contributed by atoms with E-state index < -0.39 is 0 Å². The molecule has 0 fully saturated rings. The first-order chi connectivity index (χ1) is 10.1. The molecule has 0 aliphatic rings. The van der Waals surface area contributed by atoms with Gasteiger partial charge in [0.1, 0.15) is 5.03 Å². The van der Waals surface area contributed by atoms with Gasteiger partial charge in [-0.1, -0.05) is 30.8 Å². The van der Waals surface area contributed by atoms with E-state index in [1.807, 2.05) is 6.20 Å². The standard InChI is InChI=1S/C18H24N2S/c1-5-10-19-15(4)16-7-9-18(20-12-16)21-17-8-6-13(2)14(3)11-17/h6-9,11-12,15,19H,5,10H2,1-4H3. The molecule has 0 spiro atoms. The summed E-state index contributed by atoms with van der Waals surface area (Å²) in [6, 6.07) is 11.2. The molecule has 1 N–H and O–H groups in total. The molecule has 21 heavy (non-hydrogen) atoms. The highest BCUT2D eigenvalue weighted by Gasteiger charge is 2.06. The van der Waals surface area contributed by atoms with Crippen LogP contribution in [0.25, 0.3) is 0 Å². The molecule has 1 heterocycles. The van der Waals surface area contributed by atoms with Gasteiger partial charge in [0.2, 0.25) is 0 Å². The van der Waals surface area contributed by atoms with Crippen LogP contribution in [0, 0.1) is 13.8 Å². The molecule has 1 unspecified atom stereocenters. The highest BCUT2D eigenvalue weighted by molar-refractivity contribution is 7.99. The number of aryl methyl sites for hydroxylation is 2. The van der Waals surface area contributed by atoms with E-state index in [0.29, 0.717) is 6.04 Å². The Bertz CT molecular complexity index is 578. The third kappa shape index (κ3) is 4.58. The zero-order chi connectivity index (χ0) is 15.2. The van der Waals surface area contributed by atoms with E-state index in [1.54, 1.807) is 11.8 Å². The minimum absolute atomic E-state index is 0.359. The van der Waals surface area contributed by atoms with Crippen LogP contribution < -0.4 is 5.32 Å². The first-order valence-electron chi connectivity index (χ1n) is 7.54. The van der Waals surface area contributed by atoms with Crippen LogP contribution in [-0.4, -0.2) is 11.5 Å². The molecule has 0 saturated heterocycles. The smallest absolute Gasteiger partial charge is 0.101 e. The van der Waals surface area contributed by atoms with Gasteiger partial charge in [-0.15, -0.1) is 0 Å². The molecule has 112 valence electrons. The van der Waals surface area contributed by atoms with Crippen molar-refractivity contribution in [1.82, 2.24) is 10.3 Å². The summed E-state index contributed by atoms with van der Waals surface area (Å²) in [5.74, 6) is 0. The van der Waals surface area contributed by atoms with E-state index in [9.17, 15) is 0 Å². The van der Waals surface area contributed by atoms with Crippen LogP contribution in [0.5, 0.6) is 0 Å². The van der Waals surface area contributed by atoms with Crippen LogP contribution in [0.15, 0.2) is 46.5 Å². The number of benzene rings is 1. The maximum atomic E-state index is 4.58. The third-order valence-corrected chi connectivity index (χ3v) is 4.60. The van der Waals surface area contributed by atoms with Crippen LogP contribution in [0.3, 0.4) is 0 Å². The minimum atomic E-state index is 0.359. The largest absolute Gasteiger partial charge is 0.310 e. The molecule has 3 heteroatoms. The molecule has 0 bridgehead atoms. The van der Waals surface area contributed by atoms with Gasteiger partial charge in [-0.3, -0.25) is 0 Å². The van der Waals surface area contributed by atoms with Gasteiger partial charge in [-0.05, 0) is 68.6 Å². The zero-order valence-electron chi connectivity index (χ0n) is 13.3. The van der Waals surface area contributed by atoms with Gasteiger partial charge < -0.3 is 5.32 Å². The van der Waals surface area contributed by atoms with Gasteiger partial charge >= 0.3 is 0 Å². The van der Waals surface area contributed by atoms with Crippen molar-refractivity contribution in [3.8, 4) is 0 Å². The van der Waals surface area contributed by atoms with Crippen LogP contribution in [0.4, 0.5) is 0 Å². The predicted octanol–water partition coefficient (Wildman–Crippen LogP) is 4.91. The van der Waals surface area contributed by atoms with Gasteiger partial charge in [0.15, 0.2) is 0 Å². The first kappa shape index (κ1) is 16.1. The summed E-state index contributed by atoms with van der Waals surface area (Å²) in [4.78, 5) is 5.82. The Morgan fingerprint density at radius 3 is 2.57 bits per heavy atom. The van der Waals surface area contributed by atoms with Crippen molar-refractivity contribution in [3.63, 3.8) is 0 Å². The van der Waals surface area contributed by atoms with Gasteiger partial charge in [0, 0.05) is 17.1 Å². The molecular weight excluding hydrogens is 276 g/mol. The molecule has 2 aromatic rings. The summed E-state index contributed by atoms with van der Waals surface area (Å²) in [5, 5.41) is 4.53. The Labute approximate surface area is 132 Å². The molecule has 2 nitrogen and oxygen atoms in total. The number of aromatic nitrogens is 1. The molecule has 1 aromatic heterocycles. The zero-order valence-corrected chi connectivity index (χ0v) is 14.1. The first-order valence-corrected chi connectivity index (χ1v) is 8.36. The molecule has 0 aliphatic carbocycles. The second-order valence-electron chi connectivity index (χ2n) is 5.45. The number of nitrogens with one attached hydrogen (secondary N) is 1.